The van der Waals surface area contributed by atoms with Crippen LogP contribution in [0.3, 0.4) is 0 Å². The molecule has 1 rings (SSSR count). The second-order valence-electron chi connectivity index (χ2n) is 4.62. The maximum absolute atomic E-state index is 5.42. The van der Waals surface area contributed by atoms with Gasteiger partial charge in [-0.2, -0.15) is 0 Å². The van der Waals surface area contributed by atoms with Gasteiger partial charge >= 0.3 is 0 Å². The van der Waals surface area contributed by atoms with Gasteiger partial charge in [0.05, 0.1) is 5.60 Å². The maximum atomic E-state index is 5.42. The number of hydrogen-bond acceptors (Lipinski definition) is 1. The van der Waals surface area contributed by atoms with Crippen molar-refractivity contribution in [3.63, 3.8) is 0 Å². The standard InChI is InChI=1S/C9H18O/c1-8(2,3)7-9(10-4)5-6-9/h5-7H2,1-4H3. The quantitative estimate of drug-likeness (QED) is 0.576. The topological polar surface area (TPSA) is 9.23 Å². The molecule has 0 unspecified atom stereocenters. The van der Waals surface area contributed by atoms with Crippen molar-refractivity contribution in [3.8, 4) is 0 Å². The molecule has 1 aliphatic carbocycles. The molecular formula is C9H18O. The number of ether oxygens (including phenoxy) is 1. The zero-order valence-electron chi connectivity index (χ0n) is 7.53. The van der Waals surface area contributed by atoms with Gasteiger partial charge < -0.3 is 4.74 Å². The highest BCUT2D eigenvalue weighted by molar-refractivity contribution is 4.97. The Hall–Kier alpha value is -0.0400. The summed E-state index contributed by atoms with van der Waals surface area (Å²) in [4.78, 5) is 0. The van der Waals surface area contributed by atoms with Crippen LogP contribution in [0, 0.1) is 5.41 Å². The average molecular weight is 142 g/mol. The number of rotatable bonds is 2. The van der Waals surface area contributed by atoms with E-state index in [-0.39, 0.29) is 5.60 Å². The van der Waals surface area contributed by atoms with Crippen LogP contribution in [0.2, 0.25) is 0 Å². The Kier molecular flexibility index (Phi) is 1.80. The van der Waals surface area contributed by atoms with Gasteiger partial charge in [-0.25, -0.2) is 0 Å². The molecule has 1 nitrogen and oxygen atoms in total. The van der Waals surface area contributed by atoms with Crippen LogP contribution < -0.4 is 0 Å². The Balaban J connectivity index is 2.38. The maximum Gasteiger partial charge on any atom is 0.0685 e. The summed E-state index contributed by atoms with van der Waals surface area (Å²) in [7, 11) is 1.83. The molecule has 1 heteroatoms. The summed E-state index contributed by atoms with van der Waals surface area (Å²) in [6, 6.07) is 0. The van der Waals surface area contributed by atoms with Crippen molar-refractivity contribution in [2.24, 2.45) is 5.41 Å². The highest BCUT2D eigenvalue weighted by Crippen LogP contribution is 2.47. The lowest BCUT2D eigenvalue weighted by Crippen LogP contribution is -2.20. The normalized spacial score (nSPS) is 22.8. The third-order valence-corrected chi connectivity index (χ3v) is 2.09. The Morgan fingerprint density at radius 1 is 1.30 bits per heavy atom. The Bertz CT molecular complexity index is 117. The van der Waals surface area contributed by atoms with Crippen LogP contribution in [-0.4, -0.2) is 12.7 Å². The molecule has 1 saturated carbocycles. The molecule has 0 atom stereocenters. The molecule has 1 fully saturated rings. The molecule has 60 valence electrons. The van der Waals surface area contributed by atoms with E-state index in [0.717, 1.165) is 0 Å². The Morgan fingerprint density at radius 2 is 1.80 bits per heavy atom. The molecule has 0 bridgehead atoms. The van der Waals surface area contributed by atoms with Gasteiger partial charge in [-0.3, -0.25) is 0 Å². The van der Waals surface area contributed by atoms with Crippen molar-refractivity contribution in [2.75, 3.05) is 7.11 Å². The van der Waals surface area contributed by atoms with E-state index in [1.54, 1.807) is 0 Å². The smallest absolute Gasteiger partial charge is 0.0685 e. The first-order chi connectivity index (χ1) is 4.47. The molecule has 0 amide bonds. The summed E-state index contributed by atoms with van der Waals surface area (Å²) in [5.41, 5.74) is 0.699. The predicted octanol–water partition coefficient (Wildman–Crippen LogP) is 2.60. The molecule has 0 aromatic carbocycles. The van der Waals surface area contributed by atoms with Gasteiger partial charge in [-0.15, -0.1) is 0 Å². The fourth-order valence-corrected chi connectivity index (χ4v) is 1.56. The summed E-state index contributed by atoms with van der Waals surface area (Å²) in [6.07, 6.45) is 3.73. The molecule has 10 heavy (non-hydrogen) atoms. The third kappa shape index (κ3) is 1.98. The van der Waals surface area contributed by atoms with Crippen LogP contribution in [0.5, 0.6) is 0 Å². The van der Waals surface area contributed by atoms with E-state index < -0.39 is 0 Å². The van der Waals surface area contributed by atoms with E-state index in [1.165, 1.54) is 19.3 Å². The van der Waals surface area contributed by atoms with Gasteiger partial charge in [-0.1, -0.05) is 20.8 Å². The first-order valence-electron chi connectivity index (χ1n) is 4.03. The second-order valence-corrected chi connectivity index (χ2v) is 4.62. The highest BCUT2D eigenvalue weighted by Gasteiger charge is 2.45. The van der Waals surface area contributed by atoms with E-state index in [9.17, 15) is 0 Å². The average Bonchev–Trinajstić information content (AvgIpc) is 2.45. The van der Waals surface area contributed by atoms with Crippen LogP contribution in [0.15, 0.2) is 0 Å². The zero-order valence-corrected chi connectivity index (χ0v) is 7.53. The molecule has 0 N–H and O–H groups in total. The first-order valence-corrected chi connectivity index (χ1v) is 4.03. The van der Waals surface area contributed by atoms with Crippen LogP contribution in [-0.2, 0) is 4.74 Å². The number of methoxy groups -OCH3 is 1. The largest absolute Gasteiger partial charge is 0.378 e. The minimum atomic E-state index is 0.276. The van der Waals surface area contributed by atoms with Gasteiger partial charge in [0.2, 0.25) is 0 Å². The Labute approximate surface area is 63.8 Å². The van der Waals surface area contributed by atoms with Crippen molar-refractivity contribution in [2.45, 2.75) is 45.6 Å². The van der Waals surface area contributed by atoms with Gasteiger partial charge in [0, 0.05) is 7.11 Å². The van der Waals surface area contributed by atoms with Crippen molar-refractivity contribution < 1.29 is 4.74 Å². The third-order valence-electron chi connectivity index (χ3n) is 2.09. The minimum Gasteiger partial charge on any atom is -0.378 e. The second kappa shape index (κ2) is 2.23. The van der Waals surface area contributed by atoms with Crippen LogP contribution in [0.4, 0.5) is 0 Å². The van der Waals surface area contributed by atoms with Gasteiger partial charge in [0.15, 0.2) is 0 Å². The van der Waals surface area contributed by atoms with Crippen molar-refractivity contribution in [3.05, 3.63) is 0 Å². The summed E-state index contributed by atoms with van der Waals surface area (Å²) < 4.78 is 5.42. The van der Waals surface area contributed by atoms with Crippen LogP contribution >= 0.6 is 0 Å². The highest BCUT2D eigenvalue weighted by atomic mass is 16.5. The number of hydrogen-bond donors (Lipinski definition) is 0. The SMILES string of the molecule is COC1(CC(C)(C)C)CC1. The van der Waals surface area contributed by atoms with Gasteiger partial charge in [0.1, 0.15) is 0 Å². The Morgan fingerprint density at radius 3 is 1.90 bits per heavy atom. The lowest BCUT2D eigenvalue weighted by molar-refractivity contribution is 0.0445. The zero-order chi connectivity index (χ0) is 7.83. The molecule has 0 saturated heterocycles. The molecule has 0 spiro atoms. The molecule has 0 aromatic rings. The molecule has 1 aliphatic rings. The summed E-state index contributed by atoms with van der Waals surface area (Å²) in [5, 5.41) is 0. The fourth-order valence-electron chi connectivity index (χ4n) is 1.56. The van der Waals surface area contributed by atoms with Crippen LogP contribution in [0.25, 0.3) is 0 Å². The lowest BCUT2D eigenvalue weighted by Gasteiger charge is -2.24. The van der Waals surface area contributed by atoms with Crippen molar-refractivity contribution >= 4 is 0 Å². The summed E-state index contributed by atoms with van der Waals surface area (Å²) >= 11 is 0. The predicted molar refractivity (Wildman–Crippen MR) is 43.0 cm³/mol. The monoisotopic (exact) mass is 142 g/mol. The molecule has 0 aromatic heterocycles. The van der Waals surface area contributed by atoms with Crippen molar-refractivity contribution in [1.29, 1.82) is 0 Å². The van der Waals surface area contributed by atoms with Gasteiger partial charge in [-0.05, 0) is 24.7 Å². The van der Waals surface area contributed by atoms with E-state index in [0.29, 0.717) is 5.41 Å². The van der Waals surface area contributed by atoms with Gasteiger partial charge in [0.25, 0.3) is 0 Å². The first kappa shape index (κ1) is 8.06. The lowest BCUT2D eigenvalue weighted by atomic mass is 9.88. The van der Waals surface area contributed by atoms with E-state index >= 15 is 0 Å². The molecule has 0 aliphatic heterocycles. The van der Waals surface area contributed by atoms with E-state index in [1.807, 2.05) is 7.11 Å². The molecule has 0 heterocycles. The van der Waals surface area contributed by atoms with Crippen LogP contribution in [0.1, 0.15) is 40.0 Å². The van der Waals surface area contributed by atoms with Crippen molar-refractivity contribution in [1.82, 2.24) is 0 Å². The fraction of sp³-hybridized carbons (Fsp3) is 1.00. The summed E-state index contributed by atoms with van der Waals surface area (Å²) in [5.74, 6) is 0. The summed E-state index contributed by atoms with van der Waals surface area (Å²) in [6.45, 7) is 6.81. The van der Waals surface area contributed by atoms with E-state index in [2.05, 4.69) is 20.8 Å². The molecule has 0 radical (unpaired) electrons. The molecular weight excluding hydrogens is 124 g/mol. The van der Waals surface area contributed by atoms with E-state index in [4.69, 9.17) is 4.74 Å². The minimum absolute atomic E-state index is 0.276.